The van der Waals surface area contributed by atoms with Crippen molar-refractivity contribution in [3.8, 4) is 0 Å². The summed E-state index contributed by atoms with van der Waals surface area (Å²) in [5, 5.41) is 9.20. The smallest absolute Gasteiger partial charge is 0.0919 e. The first-order valence-corrected chi connectivity index (χ1v) is 4.78. The molecular weight excluding hydrogens is 174 g/mol. The van der Waals surface area contributed by atoms with Crippen molar-refractivity contribution in [2.75, 3.05) is 6.54 Å². The third-order valence-corrected chi connectivity index (χ3v) is 2.22. The zero-order valence-corrected chi connectivity index (χ0v) is 7.93. The van der Waals surface area contributed by atoms with Gasteiger partial charge in [-0.2, -0.15) is 0 Å². The summed E-state index contributed by atoms with van der Waals surface area (Å²) >= 11 is 0. The van der Waals surface area contributed by atoms with Crippen LogP contribution in [0.4, 0.5) is 0 Å². The number of hydrogen-bond acceptors (Lipinski definition) is 2. The molecule has 0 saturated carbocycles. The average molecular weight is 187 g/mol. The Bertz CT molecular complexity index is 354. The van der Waals surface area contributed by atoms with E-state index < -0.39 is 6.10 Å². The Morgan fingerprint density at radius 2 is 2.07 bits per heavy atom. The van der Waals surface area contributed by atoms with Gasteiger partial charge in [-0.15, -0.1) is 0 Å². The predicted octanol–water partition coefficient (Wildman–Crippen LogP) is 1.60. The summed E-state index contributed by atoms with van der Waals surface area (Å²) in [4.78, 5) is 4.29. The van der Waals surface area contributed by atoms with Crippen molar-refractivity contribution in [1.82, 2.24) is 0 Å². The number of dihydropyridines is 1. The molecule has 72 valence electrons. The second kappa shape index (κ2) is 4.20. The third kappa shape index (κ3) is 2.30. The zero-order valence-electron chi connectivity index (χ0n) is 7.93. The van der Waals surface area contributed by atoms with Crippen LogP contribution in [0, 0.1) is 0 Å². The molecule has 1 aromatic rings. The van der Waals surface area contributed by atoms with Gasteiger partial charge in [0.2, 0.25) is 0 Å². The van der Waals surface area contributed by atoms with Gasteiger partial charge < -0.3 is 5.11 Å². The molecule has 2 rings (SSSR count). The second-order valence-electron chi connectivity index (χ2n) is 3.42. The average Bonchev–Trinajstić information content (AvgIpc) is 2.23. The maximum absolute atomic E-state index is 9.20. The molecule has 0 saturated heterocycles. The number of hydrogen-bond donors (Lipinski definition) is 1. The molecular formula is C12H13NO. The minimum absolute atomic E-state index is 0.394. The molecule has 1 aliphatic rings. The van der Waals surface area contributed by atoms with E-state index in [0.29, 0.717) is 6.54 Å². The molecule has 1 N–H and O–H groups in total. The molecule has 1 aromatic carbocycles. The Morgan fingerprint density at radius 1 is 1.29 bits per heavy atom. The Balaban J connectivity index is 2.03. The fraction of sp³-hybridized carbons (Fsp3) is 0.250. The highest BCUT2D eigenvalue weighted by Gasteiger charge is 2.05. The highest BCUT2D eigenvalue weighted by molar-refractivity contribution is 5.97. The topological polar surface area (TPSA) is 32.6 Å². The molecule has 14 heavy (non-hydrogen) atoms. The lowest BCUT2D eigenvalue weighted by molar-refractivity contribution is 0.231. The van der Waals surface area contributed by atoms with E-state index in [1.54, 1.807) is 6.08 Å². The highest BCUT2D eigenvalue weighted by Crippen LogP contribution is 2.05. The van der Waals surface area contributed by atoms with Gasteiger partial charge in [-0.1, -0.05) is 36.4 Å². The lowest BCUT2D eigenvalue weighted by Crippen LogP contribution is -2.15. The molecule has 0 fully saturated rings. The van der Waals surface area contributed by atoms with E-state index in [1.807, 2.05) is 24.3 Å². The molecule has 1 heterocycles. The molecule has 1 unspecified atom stereocenters. The van der Waals surface area contributed by atoms with Crippen LogP contribution < -0.4 is 0 Å². The van der Waals surface area contributed by atoms with Crippen LogP contribution in [0.1, 0.15) is 5.56 Å². The first-order chi connectivity index (χ1) is 6.84. The summed E-state index contributed by atoms with van der Waals surface area (Å²) in [5.74, 6) is 0. The van der Waals surface area contributed by atoms with Gasteiger partial charge in [-0.3, -0.25) is 4.99 Å². The van der Waals surface area contributed by atoms with Gasteiger partial charge in [0.05, 0.1) is 12.6 Å². The number of rotatable bonds is 2. The van der Waals surface area contributed by atoms with Crippen LogP contribution in [0.3, 0.4) is 0 Å². The highest BCUT2D eigenvalue weighted by atomic mass is 16.3. The maximum atomic E-state index is 9.20. The molecule has 1 atom stereocenters. The van der Waals surface area contributed by atoms with E-state index in [1.165, 1.54) is 5.56 Å². The second-order valence-corrected chi connectivity index (χ2v) is 3.42. The molecule has 0 aliphatic carbocycles. The summed E-state index contributed by atoms with van der Waals surface area (Å²) in [7, 11) is 0. The third-order valence-electron chi connectivity index (χ3n) is 2.22. The van der Waals surface area contributed by atoms with Crippen LogP contribution in [-0.4, -0.2) is 23.5 Å². The van der Waals surface area contributed by atoms with Crippen molar-refractivity contribution in [3.05, 3.63) is 48.0 Å². The van der Waals surface area contributed by atoms with Crippen molar-refractivity contribution in [2.24, 2.45) is 4.99 Å². The molecule has 2 nitrogen and oxygen atoms in total. The van der Waals surface area contributed by atoms with Gasteiger partial charge >= 0.3 is 0 Å². The van der Waals surface area contributed by atoms with Crippen molar-refractivity contribution in [3.63, 3.8) is 0 Å². The monoisotopic (exact) mass is 187 g/mol. The number of aliphatic hydroxyl groups excluding tert-OH is 1. The van der Waals surface area contributed by atoms with Crippen molar-refractivity contribution in [2.45, 2.75) is 12.5 Å². The SMILES string of the molecule is OC1C=CC(Cc2ccccc2)=NC1. The summed E-state index contributed by atoms with van der Waals surface area (Å²) in [6, 6.07) is 10.2. The summed E-state index contributed by atoms with van der Waals surface area (Å²) in [6.07, 6.45) is 4.16. The fourth-order valence-corrected chi connectivity index (χ4v) is 1.47. The molecule has 0 spiro atoms. The van der Waals surface area contributed by atoms with E-state index >= 15 is 0 Å². The van der Waals surface area contributed by atoms with Crippen LogP contribution in [0.25, 0.3) is 0 Å². The number of allylic oxidation sites excluding steroid dienone is 1. The first kappa shape index (κ1) is 9.16. The molecule has 0 radical (unpaired) electrons. The van der Waals surface area contributed by atoms with Crippen LogP contribution >= 0.6 is 0 Å². The van der Waals surface area contributed by atoms with Crippen molar-refractivity contribution >= 4 is 5.71 Å². The van der Waals surface area contributed by atoms with Crippen LogP contribution in [0.5, 0.6) is 0 Å². The Labute approximate surface area is 83.6 Å². The van der Waals surface area contributed by atoms with E-state index in [2.05, 4.69) is 17.1 Å². The van der Waals surface area contributed by atoms with Crippen molar-refractivity contribution in [1.29, 1.82) is 0 Å². The lowest BCUT2D eigenvalue weighted by atomic mass is 10.1. The fourth-order valence-electron chi connectivity index (χ4n) is 1.47. The molecule has 0 bridgehead atoms. The quantitative estimate of drug-likeness (QED) is 0.749. The standard InChI is InChI=1S/C12H13NO/c14-12-7-6-11(13-9-12)8-10-4-2-1-3-5-10/h1-7,12,14H,8-9H2. The van der Waals surface area contributed by atoms with Crippen LogP contribution in [0.15, 0.2) is 47.5 Å². The Morgan fingerprint density at radius 3 is 2.71 bits per heavy atom. The van der Waals surface area contributed by atoms with E-state index in [9.17, 15) is 5.11 Å². The molecule has 0 aromatic heterocycles. The maximum Gasteiger partial charge on any atom is 0.0919 e. The minimum atomic E-state index is -0.394. The Kier molecular flexibility index (Phi) is 2.75. The van der Waals surface area contributed by atoms with Gasteiger partial charge in [0.1, 0.15) is 0 Å². The van der Waals surface area contributed by atoms with Gasteiger partial charge in [0.15, 0.2) is 0 Å². The number of aliphatic hydroxyl groups is 1. The number of benzene rings is 1. The normalized spacial score (nSPS) is 20.6. The molecule has 1 aliphatic heterocycles. The summed E-state index contributed by atoms with van der Waals surface area (Å²) in [6.45, 7) is 0.499. The van der Waals surface area contributed by atoms with E-state index in [4.69, 9.17) is 0 Å². The van der Waals surface area contributed by atoms with Gasteiger partial charge in [0.25, 0.3) is 0 Å². The van der Waals surface area contributed by atoms with Gasteiger partial charge in [-0.25, -0.2) is 0 Å². The van der Waals surface area contributed by atoms with Crippen LogP contribution in [-0.2, 0) is 6.42 Å². The van der Waals surface area contributed by atoms with Gasteiger partial charge in [0, 0.05) is 12.1 Å². The summed E-state index contributed by atoms with van der Waals surface area (Å²) < 4.78 is 0. The molecule has 2 heteroatoms. The summed E-state index contributed by atoms with van der Waals surface area (Å²) in [5.41, 5.74) is 2.30. The molecule has 0 amide bonds. The lowest BCUT2D eigenvalue weighted by Gasteiger charge is -2.10. The zero-order chi connectivity index (χ0) is 9.80. The Hall–Kier alpha value is -1.41. The van der Waals surface area contributed by atoms with E-state index in [-0.39, 0.29) is 0 Å². The largest absolute Gasteiger partial charge is 0.387 e. The number of aliphatic imine (C=N–C) groups is 1. The minimum Gasteiger partial charge on any atom is -0.387 e. The predicted molar refractivity (Wildman–Crippen MR) is 57.6 cm³/mol. The van der Waals surface area contributed by atoms with E-state index in [0.717, 1.165) is 12.1 Å². The number of nitrogens with zero attached hydrogens (tertiary/aromatic N) is 1. The van der Waals surface area contributed by atoms with Gasteiger partial charge in [-0.05, 0) is 11.6 Å². The first-order valence-electron chi connectivity index (χ1n) is 4.78. The van der Waals surface area contributed by atoms with Crippen molar-refractivity contribution < 1.29 is 5.11 Å². The van der Waals surface area contributed by atoms with Crippen LogP contribution in [0.2, 0.25) is 0 Å².